The highest BCUT2D eigenvalue weighted by Crippen LogP contribution is 2.17. The predicted molar refractivity (Wildman–Crippen MR) is 117 cm³/mol. The van der Waals surface area contributed by atoms with Crippen LogP contribution in [0.4, 0.5) is 0 Å². The molecule has 0 saturated carbocycles. The minimum absolute atomic E-state index is 0.119. The molecule has 28 heavy (non-hydrogen) atoms. The van der Waals surface area contributed by atoms with E-state index in [0.29, 0.717) is 24.8 Å². The molecule has 1 aliphatic carbocycles. The molecule has 1 rings (SSSR count). The van der Waals surface area contributed by atoms with Crippen LogP contribution in [0.2, 0.25) is 0 Å². The molecule has 0 aliphatic heterocycles. The molecule has 1 aliphatic rings. The number of carbonyl (C=O) groups is 2. The highest BCUT2D eigenvalue weighted by atomic mass is 16.3. The lowest BCUT2D eigenvalue weighted by Crippen LogP contribution is -2.12. The van der Waals surface area contributed by atoms with Gasteiger partial charge in [-0.25, -0.2) is 0 Å². The van der Waals surface area contributed by atoms with Crippen LogP contribution in [0.5, 0.6) is 0 Å². The molecule has 0 amide bonds. The monoisotopic (exact) mass is 384 g/mol. The lowest BCUT2D eigenvalue weighted by molar-refractivity contribution is -0.114. The summed E-state index contributed by atoms with van der Waals surface area (Å²) in [6, 6.07) is 0. The van der Waals surface area contributed by atoms with Gasteiger partial charge in [-0.15, -0.1) is 0 Å². The first-order chi connectivity index (χ1) is 13.3. The Hall–Kier alpha value is -2.00. The molecule has 0 bridgehead atoms. The standard InChI is InChI=1S/C25H36O3/c1-19(2)8-5-9-20(3)10-6-11-21(4)12-7-13-23(26)15-14-22-18-24(27)16-17-25(22)28/h8,10,12,16-18,23,26H,5-7,9,11,13-15H2,1-4H3/b20-10+,21-12+. The van der Waals surface area contributed by atoms with Crippen LogP contribution in [-0.4, -0.2) is 22.8 Å². The zero-order valence-corrected chi connectivity index (χ0v) is 18.0. The number of rotatable bonds is 12. The Bertz CT molecular complexity index is 683. The largest absolute Gasteiger partial charge is 0.393 e. The fourth-order valence-electron chi connectivity index (χ4n) is 3.08. The van der Waals surface area contributed by atoms with Gasteiger partial charge >= 0.3 is 0 Å². The van der Waals surface area contributed by atoms with Crippen molar-refractivity contribution in [3.63, 3.8) is 0 Å². The van der Waals surface area contributed by atoms with Crippen molar-refractivity contribution in [3.8, 4) is 0 Å². The first kappa shape index (κ1) is 24.0. The number of carbonyl (C=O) groups excluding carboxylic acids is 2. The van der Waals surface area contributed by atoms with Crippen LogP contribution >= 0.6 is 0 Å². The zero-order valence-electron chi connectivity index (χ0n) is 18.0. The summed E-state index contributed by atoms with van der Waals surface area (Å²) in [5, 5.41) is 10.1. The van der Waals surface area contributed by atoms with Crippen molar-refractivity contribution in [2.24, 2.45) is 0 Å². The molecule has 0 aromatic rings. The third-order valence-corrected chi connectivity index (χ3v) is 4.89. The highest BCUT2D eigenvalue weighted by Gasteiger charge is 2.14. The quantitative estimate of drug-likeness (QED) is 0.333. The number of ketones is 2. The number of aliphatic hydroxyl groups is 1. The van der Waals surface area contributed by atoms with Crippen LogP contribution in [0.25, 0.3) is 0 Å². The van der Waals surface area contributed by atoms with Gasteiger partial charge in [0.05, 0.1) is 6.10 Å². The first-order valence-electron chi connectivity index (χ1n) is 10.4. The van der Waals surface area contributed by atoms with Gasteiger partial charge in [-0.05, 0) is 97.3 Å². The van der Waals surface area contributed by atoms with E-state index in [4.69, 9.17) is 0 Å². The highest BCUT2D eigenvalue weighted by molar-refractivity contribution is 6.17. The second-order valence-electron chi connectivity index (χ2n) is 8.00. The molecule has 0 aromatic heterocycles. The van der Waals surface area contributed by atoms with Gasteiger partial charge in [-0.1, -0.05) is 34.9 Å². The Kier molecular flexibility index (Phi) is 11.4. The second kappa shape index (κ2) is 13.2. The SMILES string of the molecule is CC(C)=CCC/C(C)=C/CC/C(C)=C/CCC(O)CCC1=CC(=O)C=CC1=O. The van der Waals surface area contributed by atoms with Gasteiger partial charge in [0.2, 0.25) is 0 Å². The van der Waals surface area contributed by atoms with Crippen molar-refractivity contribution >= 4 is 11.6 Å². The van der Waals surface area contributed by atoms with Crippen molar-refractivity contribution in [2.75, 3.05) is 0 Å². The Morgan fingerprint density at radius 3 is 2.14 bits per heavy atom. The van der Waals surface area contributed by atoms with Crippen LogP contribution in [0.15, 0.2) is 58.7 Å². The Morgan fingerprint density at radius 1 is 0.893 bits per heavy atom. The van der Waals surface area contributed by atoms with Crippen LogP contribution in [-0.2, 0) is 9.59 Å². The van der Waals surface area contributed by atoms with Gasteiger partial charge in [0.25, 0.3) is 0 Å². The van der Waals surface area contributed by atoms with Gasteiger partial charge in [0.1, 0.15) is 0 Å². The fourth-order valence-corrected chi connectivity index (χ4v) is 3.08. The molecule has 3 nitrogen and oxygen atoms in total. The lowest BCUT2D eigenvalue weighted by Gasteiger charge is -2.11. The predicted octanol–water partition coefficient (Wildman–Crippen LogP) is 5.96. The van der Waals surface area contributed by atoms with Crippen LogP contribution < -0.4 is 0 Å². The molecule has 1 atom stereocenters. The van der Waals surface area contributed by atoms with E-state index in [2.05, 4.69) is 45.9 Å². The van der Waals surface area contributed by atoms with E-state index in [1.165, 1.54) is 34.9 Å². The molecule has 0 fully saturated rings. The second-order valence-corrected chi connectivity index (χ2v) is 8.00. The minimum Gasteiger partial charge on any atom is -0.393 e. The van der Waals surface area contributed by atoms with Gasteiger partial charge in [-0.2, -0.15) is 0 Å². The topological polar surface area (TPSA) is 54.4 Å². The summed E-state index contributed by atoms with van der Waals surface area (Å²) >= 11 is 0. The van der Waals surface area contributed by atoms with Gasteiger partial charge < -0.3 is 5.11 Å². The van der Waals surface area contributed by atoms with Crippen molar-refractivity contribution in [1.82, 2.24) is 0 Å². The molecule has 0 radical (unpaired) electrons. The Labute approximate surface area is 170 Å². The Morgan fingerprint density at radius 2 is 1.50 bits per heavy atom. The van der Waals surface area contributed by atoms with Gasteiger partial charge in [-0.3, -0.25) is 9.59 Å². The van der Waals surface area contributed by atoms with Gasteiger partial charge in [0.15, 0.2) is 11.6 Å². The summed E-state index contributed by atoms with van der Waals surface area (Å²) in [7, 11) is 0. The lowest BCUT2D eigenvalue weighted by atomic mass is 9.96. The number of allylic oxidation sites excluding steroid dienone is 10. The van der Waals surface area contributed by atoms with Crippen LogP contribution in [0, 0.1) is 0 Å². The van der Waals surface area contributed by atoms with Crippen molar-refractivity contribution in [1.29, 1.82) is 0 Å². The maximum absolute atomic E-state index is 11.7. The summed E-state index contributed by atoms with van der Waals surface area (Å²) in [5.41, 5.74) is 4.67. The number of hydrogen-bond acceptors (Lipinski definition) is 3. The van der Waals surface area contributed by atoms with E-state index in [0.717, 1.165) is 32.1 Å². The summed E-state index contributed by atoms with van der Waals surface area (Å²) in [5.74, 6) is -0.268. The van der Waals surface area contributed by atoms with Crippen LogP contribution in [0.1, 0.15) is 79.1 Å². The van der Waals surface area contributed by atoms with Crippen molar-refractivity contribution in [3.05, 3.63) is 58.7 Å². The van der Waals surface area contributed by atoms with E-state index < -0.39 is 6.10 Å². The first-order valence-corrected chi connectivity index (χ1v) is 10.4. The third kappa shape index (κ3) is 11.0. The molecular formula is C25H36O3. The van der Waals surface area contributed by atoms with E-state index >= 15 is 0 Å². The summed E-state index contributed by atoms with van der Waals surface area (Å²) < 4.78 is 0. The normalized spacial score (nSPS) is 16.2. The number of hydrogen-bond donors (Lipinski definition) is 1. The molecule has 1 N–H and O–H groups in total. The minimum atomic E-state index is -0.448. The molecule has 3 heteroatoms. The van der Waals surface area contributed by atoms with E-state index in [9.17, 15) is 14.7 Å². The Balaban J connectivity index is 2.23. The van der Waals surface area contributed by atoms with Gasteiger partial charge in [0, 0.05) is 5.57 Å². The van der Waals surface area contributed by atoms with Crippen molar-refractivity contribution < 1.29 is 14.7 Å². The molecular weight excluding hydrogens is 348 g/mol. The fraction of sp³-hybridized carbons (Fsp3) is 0.520. The van der Waals surface area contributed by atoms with E-state index in [-0.39, 0.29) is 11.6 Å². The van der Waals surface area contributed by atoms with E-state index in [1.54, 1.807) is 0 Å². The average molecular weight is 385 g/mol. The third-order valence-electron chi connectivity index (χ3n) is 4.89. The molecule has 1 unspecified atom stereocenters. The maximum Gasteiger partial charge on any atom is 0.182 e. The summed E-state index contributed by atoms with van der Waals surface area (Å²) in [6.07, 6.45) is 17.2. The molecule has 0 saturated heterocycles. The number of aliphatic hydroxyl groups excluding tert-OH is 1. The molecule has 0 heterocycles. The zero-order chi connectivity index (χ0) is 20.9. The molecule has 0 aromatic carbocycles. The summed E-state index contributed by atoms with van der Waals surface area (Å²) in [6.45, 7) is 8.61. The maximum atomic E-state index is 11.7. The molecule has 154 valence electrons. The molecule has 0 spiro atoms. The van der Waals surface area contributed by atoms with Crippen LogP contribution in [0.3, 0.4) is 0 Å². The summed E-state index contributed by atoms with van der Waals surface area (Å²) in [4.78, 5) is 23.0. The average Bonchev–Trinajstić information content (AvgIpc) is 2.62. The van der Waals surface area contributed by atoms with E-state index in [1.807, 2.05) is 0 Å². The van der Waals surface area contributed by atoms with Crippen molar-refractivity contribution in [2.45, 2.75) is 85.2 Å². The smallest absolute Gasteiger partial charge is 0.182 e.